The molecule has 0 aliphatic rings. The van der Waals surface area contributed by atoms with E-state index < -0.39 is 23.5 Å². The van der Waals surface area contributed by atoms with Crippen molar-refractivity contribution in [2.24, 2.45) is 4.99 Å². The Morgan fingerprint density at radius 1 is 0.970 bits per heavy atom. The molecule has 0 aliphatic carbocycles. The van der Waals surface area contributed by atoms with Crippen LogP contribution in [-0.2, 0) is 0 Å². The van der Waals surface area contributed by atoms with Gasteiger partial charge in [0.05, 0.1) is 28.3 Å². The SMILES string of the molecule is CC(=Nc1cccc(OC(F)(F)F)c1)c1c(-c2ccccc2)[nH]n(-c2ccc(F)cc2)c1=O. The Labute approximate surface area is 185 Å². The van der Waals surface area contributed by atoms with Crippen molar-refractivity contribution in [1.29, 1.82) is 0 Å². The van der Waals surface area contributed by atoms with Gasteiger partial charge in [-0.3, -0.25) is 14.9 Å². The molecule has 0 amide bonds. The van der Waals surface area contributed by atoms with Crippen LogP contribution in [0.5, 0.6) is 5.75 Å². The summed E-state index contributed by atoms with van der Waals surface area (Å²) in [6.07, 6.45) is -4.83. The van der Waals surface area contributed by atoms with Gasteiger partial charge in [-0.15, -0.1) is 13.2 Å². The number of hydrogen-bond acceptors (Lipinski definition) is 3. The maximum absolute atomic E-state index is 13.4. The summed E-state index contributed by atoms with van der Waals surface area (Å²) < 4.78 is 56.2. The quantitative estimate of drug-likeness (QED) is 0.296. The molecule has 0 radical (unpaired) electrons. The van der Waals surface area contributed by atoms with E-state index in [9.17, 15) is 22.4 Å². The van der Waals surface area contributed by atoms with E-state index in [0.29, 0.717) is 16.9 Å². The fraction of sp³-hybridized carbons (Fsp3) is 0.0833. The lowest BCUT2D eigenvalue weighted by atomic mass is 10.1. The van der Waals surface area contributed by atoms with Gasteiger partial charge in [0.25, 0.3) is 5.56 Å². The molecule has 0 bridgehead atoms. The van der Waals surface area contributed by atoms with Crippen LogP contribution in [0.2, 0.25) is 0 Å². The van der Waals surface area contributed by atoms with Crippen molar-refractivity contribution in [3.05, 3.63) is 101 Å². The Kier molecular flexibility index (Phi) is 5.87. The van der Waals surface area contributed by atoms with Crippen LogP contribution in [0.25, 0.3) is 16.9 Å². The normalized spacial score (nSPS) is 12.1. The summed E-state index contributed by atoms with van der Waals surface area (Å²) in [5.41, 5.74) is 1.83. The smallest absolute Gasteiger partial charge is 0.406 e. The van der Waals surface area contributed by atoms with Crippen molar-refractivity contribution in [3.63, 3.8) is 0 Å². The maximum Gasteiger partial charge on any atom is 0.573 e. The summed E-state index contributed by atoms with van der Waals surface area (Å²) in [4.78, 5) is 17.7. The molecular weight excluding hydrogens is 438 g/mol. The zero-order chi connectivity index (χ0) is 23.6. The topological polar surface area (TPSA) is 59.4 Å². The molecule has 4 aromatic rings. The Hall–Kier alpha value is -4.14. The first-order valence-electron chi connectivity index (χ1n) is 9.79. The molecule has 1 N–H and O–H groups in total. The fourth-order valence-electron chi connectivity index (χ4n) is 3.36. The number of aromatic amines is 1. The molecule has 4 rings (SSSR count). The minimum absolute atomic E-state index is 0.183. The lowest BCUT2D eigenvalue weighted by Gasteiger charge is -2.09. The van der Waals surface area contributed by atoms with E-state index >= 15 is 0 Å². The predicted molar refractivity (Wildman–Crippen MR) is 117 cm³/mol. The highest BCUT2D eigenvalue weighted by molar-refractivity contribution is 6.04. The van der Waals surface area contributed by atoms with Crippen LogP contribution < -0.4 is 10.3 Å². The van der Waals surface area contributed by atoms with Crippen LogP contribution >= 0.6 is 0 Å². The lowest BCUT2D eigenvalue weighted by Crippen LogP contribution is -2.19. The van der Waals surface area contributed by atoms with E-state index in [2.05, 4.69) is 14.8 Å². The van der Waals surface area contributed by atoms with Crippen LogP contribution in [0.4, 0.5) is 23.2 Å². The lowest BCUT2D eigenvalue weighted by molar-refractivity contribution is -0.274. The van der Waals surface area contributed by atoms with Gasteiger partial charge >= 0.3 is 6.36 Å². The first-order valence-corrected chi connectivity index (χ1v) is 9.79. The number of hydrogen-bond donors (Lipinski definition) is 1. The Morgan fingerprint density at radius 2 is 1.67 bits per heavy atom. The summed E-state index contributed by atoms with van der Waals surface area (Å²) in [7, 11) is 0. The largest absolute Gasteiger partial charge is 0.573 e. The van der Waals surface area contributed by atoms with E-state index in [1.54, 1.807) is 31.2 Å². The van der Waals surface area contributed by atoms with Gasteiger partial charge < -0.3 is 4.74 Å². The van der Waals surface area contributed by atoms with E-state index in [1.807, 2.05) is 6.07 Å². The zero-order valence-corrected chi connectivity index (χ0v) is 17.2. The Bertz CT molecular complexity index is 1360. The molecule has 0 unspecified atom stereocenters. The number of nitrogens with one attached hydrogen (secondary N) is 1. The highest BCUT2D eigenvalue weighted by Crippen LogP contribution is 2.28. The van der Waals surface area contributed by atoms with Crippen LogP contribution in [-0.4, -0.2) is 21.9 Å². The third kappa shape index (κ3) is 5.03. The highest BCUT2D eigenvalue weighted by atomic mass is 19.4. The first kappa shape index (κ1) is 22.1. The van der Waals surface area contributed by atoms with Crippen molar-refractivity contribution in [2.75, 3.05) is 0 Å². The van der Waals surface area contributed by atoms with E-state index in [0.717, 1.165) is 12.1 Å². The summed E-state index contributed by atoms with van der Waals surface area (Å²) in [5.74, 6) is -0.863. The second-order valence-electron chi connectivity index (χ2n) is 7.09. The number of halogens is 4. The van der Waals surface area contributed by atoms with Crippen LogP contribution in [0, 0.1) is 5.82 Å². The molecule has 0 aliphatic heterocycles. The third-order valence-corrected chi connectivity index (χ3v) is 4.75. The van der Waals surface area contributed by atoms with Gasteiger partial charge in [0.2, 0.25) is 0 Å². The maximum atomic E-state index is 13.4. The molecule has 1 heterocycles. The fourth-order valence-corrected chi connectivity index (χ4v) is 3.36. The van der Waals surface area contributed by atoms with E-state index in [4.69, 9.17) is 0 Å². The van der Waals surface area contributed by atoms with Gasteiger partial charge in [0, 0.05) is 11.6 Å². The number of benzene rings is 3. The molecule has 33 heavy (non-hydrogen) atoms. The summed E-state index contributed by atoms with van der Waals surface area (Å²) in [6.45, 7) is 1.59. The van der Waals surface area contributed by atoms with E-state index in [-0.39, 0.29) is 17.0 Å². The van der Waals surface area contributed by atoms with Gasteiger partial charge in [-0.25, -0.2) is 9.07 Å². The summed E-state index contributed by atoms with van der Waals surface area (Å²) in [6, 6.07) is 19.6. The number of aliphatic imine (C=N–C) groups is 1. The van der Waals surface area contributed by atoms with Gasteiger partial charge in [-0.2, -0.15) is 0 Å². The van der Waals surface area contributed by atoms with Crippen LogP contribution in [0.3, 0.4) is 0 Å². The van der Waals surface area contributed by atoms with Crippen LogP contribution in [0.1, 0.15) is 12.5 Å². The molecule has 0 fully saturated rings. The average molecular weight is 455 g/mol. The average Bonchev–Trinajstić information content (AvgIpc) is 3.11. The molecule has 5 nitrogen and oxygen atoms in total. The molecule has 0 saturated carbocycles. The predicted octanol–water partition coefficient (Wildman–Crippen LogP) is 6.01. The van der Waals surface area contributed by atoms with Crippen molar-refractivity contribution in [2.45, 2.75) is 13.3 Å². The van der Waals surface area contributed by atoms with Gasteiger partial charge in [-0.05, 0) is 43.3 Å². The number of H-pyrrole nitrogens is 1. The monoisotopic (exact) mass is 455 g/mol. The van der Waals surface area contributed by atoms with Crippen LogP contribution in [0.15, 0.2) is 88.6 Å². The molecule has 3 aromatic carbocycles. The number of rotatable bonds is 5. The minimum atomic E-state index is -4.83. The molecule has 0 atom stereocenters. The molecule has 1 aromatic heterocycles. The number of ether oxygens (including phenoxy) is 1. The zero-order valence-electron chi connectivity index (χ0n) is 17.2. The number of aromatic nitrogens is 2. The second kappa shape index (κ2) is 8.78. The molecule has 168 valence electrons. The number of nitrogens with zero attached hydrogens (tertiary/aromatic N) is 2. The van der Waals surface area contributed by atoms with Crippen molar-refractivity contribution in [3.8, 4) is 22.7 Å². The standard InChI is InChI=1S/C24H17F4N3O2/c1-15(29-18-8-5-9-20(14-18)33-24(26,27)28)21-22(16-6-3-2-4-7-16)30-31(23(21)32)19-12-10-17(25)11-13-19/h2-14,30H,1H3. The van der Waals surface area contributed by atoms with E-state index in [1.165, 1.54) is 41.1 Å². The second-order valence-corrected chi connectivity index (χ2v) is 7.09. The molecular formula is C24H17F4N3O2. The minimum Gasteiger partial charge on any atom is -0.406 e. The summed E-state index contributed by atoms with van der Waals surface area (Å²) >= 11 is 0. The summed E-state index contributed by atoms with van der Waals surface area (Å²) in [5, 5.41) is 3.04. The van der Waals surface area contributed by atoms with Gasteiger partial charge in [0.15, 0.2) is 0 Å². The third-order valence-electron chi connectivity index (χ3n) is 4.75. The Morgan fingerprint density at radius 3 is 2.33 bits per heavy atom. The number of alkyl halides is 3. The van der Waals surface area contributed by atoms with Gasteiger partial charge in [-0.1, -0.05) is 36.4 Å². The molecule has 0 saturated heterocycles. The Balaban J connectivity index is 1.83. The molecule has 0 spiro atoms. The highest BCUT2D eigenvalue weighted by Gasteiger charge is 2.31. The van der Waals surface area contributed by atoms with Gasteiger partial charge in [0.1, 0.15) is 11.6 Å². The molecule has 9 heteroatoms. The first-order chi connectivity index (χ1) is 15.7. The van der Waals surface area contributed by atoms with Crippen molar-refractivity contribution in [1.82, 2.24) is 9.78 Å². The van der Waals surface area contributed by atoms with Crippen molar-refractivity contribution >= 4 is 11.4 Å². The van der Waals surface area contributed by atoms with Crippen molar-refractivity contribution < 1.29 is 22.3 Å².